The minimum Gasteiger partial charge on any atom is -0.252 e. The molecule has 0 saturated heterocycles. The summed E-state index contributed by atoms with van der Waals surface area (Å²) in [4.78, 5) is 20.8. The van der Waals surface area contributed by atoms with Crippen LogP contribution in [0.15, 0.2) is 38.3 Å². The maximum Gasteiger partial charge on any atom is 0.178 e. The first-order valence-electron chi connectivity index (χ1n) is 5.18. The van der Waals surface area contributed by atoms with Crippen LogP contribution in [0.1, 0.15) is 0 Å². The summed E-state index contributed by atoms with van der Waals surface area (Å²) in [6, 6.07) is 3.76. The minimum atomic E-state index is 0. The zero-order chi connectivity index (χ0) is 14.8. The predicted octanol–water partition coefficient (Wildman–Crippen LogP) is -0.419. The molecule has 3 heterocycles. The number of aliphatic imine (C=N–C) groups is 4. The molecule has 0 saturated carbocycles. The molecule has 0 aliphatic carbocycles. The van der Waals surface area contributed by atoms with Crippen LogP contribution in [-0.2, 0) is 17.1 Å². The average molecular weight is 321 g/mol. The molecule has 21 heavy (non-hydrogen) atoms. The van der Waals surface area contributed by atoms with E-state index in [1.54, 1.807) is 31.1 Å². The quantitative estimate of drug-likeness (QED) is 0.468. The van der Waals surface area contributed by atoms with Crippen molar-refractivity contribution in [2.24, 2.45) is 20.0 Å². The van der Waals surface area contributed by atoms with Crippen molar-refractivity contribution in [2.45, 2.75) is 0 Å². The van der Waals surface area contributed by atoms with E-state index in [4.69, 9.17) is 21.6 Å². The van der Waals surface area contributed by atoms with Gasteiger partial charge < -0.3 is 0 Å². The molecule has 0 N–H and O–H groups in total. The molecule has 3 rings (SSSR count). The Balaban J connectivity index is 0.000000741. The van der Waals surface area contributed by atoms with Crippen LogP contribution in [0.25, 0.3) is 11.6 Å². The van der Waals surface area contributed by atoms with Crippen LogP contribution >= 0.6 is 0 Å². The molecule has 1 aromatic heterocycles. The fraction of sp³-hybridized carbons (Fsp3) is 0. The van der Waals surface area contributed by atoms with Crippen LogP contribution in [0.4, 0.5) is 0 Å². The largest absolute Gasteiger partial charge is 0.252 e. The van der Waals surface area contributed by atoms with E-state index in [-0.39, 0.29) is 17.1 Å². The third kappa shape index (κ3) is 4.21. The first-order chi connectivity index (χ1) is 9.95. The normalized spacial score (nSPS) is 13.0. The van der Waals surface area contributed by atoms with E-state index < -0.39 is 0 Å². The second-order valence-electron chi connectivity index (χ2n) is 3.16. The zero-order valence-corrected chi connectivity index (χ0v) is 11.5. The summed E-state index contributed by atoms with van der Waals surface area (Å²) in [7, 11) is 0. The van der Waals surface area contributed by atoms with Crippen molar-refractivity contribution in [1.29, 1.82) is 21.6 Å². The van der Waals surface area contributed by atoms with Crippen LogP contribution in [-0.4, -0.2) is 29.8 Å². The maximum absolute atomic E-state index is 6.00. The topological polar surface area (TPSA) is 157 Å². The summed E-state index contributed by atoms with van der Waals surface area (Å²) in [6.45, 7) is 0. The van der Waals surface area contributed by atoms with Gasteiger partial charge in [0.1, 0.15) is 5.35 Å². The third-order valence-electron chi connectivity index (χ3n) is 2.18. The second-order valence-corrected chi connectivity index (χ2v) is 3.16. The molecule has 0 fully saturated rings. The Kier molecular flexibility index (Phi) is 8.37. The monoisotopic (exact) mass is 321 g/mol. The van der Waals surface area contributed by atoms with Crippen LogP contribution in [0.5, 0.6) is 0 Å². The first-order valence-corrected chi connectivity index (χ1v) is 5.18. The number of pyridine rings is 1. The van der Waals surface area contributed by atoms with Gasteiger partial charge in [-0.05, 0) is 12.1 Å². The summed E-state index contributed by atoms with van der Waals surface area (Å²) >= 11 is 0. The first kappa shape index (κ1) is 17.9. The van der Waals surface area contributed by atoms with Gasteiger partial charge in [-0.15, -0.1) is 0 Å². The van der Waals surface area contributed by atoms with E-state index in [9.17, 15) is 0 Å². The van der Waals surface area contributed by atoms with Crippen molar-refractivity contribution in [3.63, 3.8) is 0 Å². The molecular formula is C11H7FeN9. The van der Waals surface area contributed by atoms with Crippen LogP contribution in [0.3, 0.4) is 0 Å². The average Bonchev–Trinajstić information content (AvgIpc) is 3.25. The van der Waals surface area contributed by atoms with E-state index in [2.05, 4.69) is 25.0 Å². The zero-order valence-electron chi connectivity index (χ0n) is 10.4. The Hall–Kier alpha value is -3.07. The van der Waals surface area contributed by atoms with Gasteiger partial charge in [0, 0.05) is 74.9 Å². The molecule has 0 radical (unpaired) electrons. The smallest absolute Gasteiger partial charge is 0.178 e. The van der Waals surface area contributed by atoms with Gasteiger partial charge in [-0.25, -0.2) is 20.0 Å². The fourth-order valence-corrected chi connectivity index (χ4v) is 1.51. The van der Waals surface area contributed by atoms with Crippen molar-refractivity contribution in [3.05, 3.63) is 28.9 Å². The van der Waals surface area contributed by atoms with E-state index >= 15 is 0 Å². The summed E-state index contributed by atoms with van der Waals surface area (Å²) in [6.07, 6.45) is 8.29. The Morgan fingerprint density at radius 3 is 1.71 bits per heavy atom. The Morgan fingerprint density at radius 2 is 1.19 bits per heavy atom. The Labute approximate surface area is 129 Å². The molecule has 10 heteroatoms. The molecule has 1 aromatic rings. The Morgan fingerprint density at radius 1 is 0.714 bits per heavy atom. The van der Waals surface area contributed by atoms with Crippen LogP contribution in [0.2, 0.25) is 0 Å². The van der Waals surface area contributed by atoms with Crippen molar-refractivity contribution < 1.29 is 17.1 Å². The van der Waals surface area contributed by atoms with Gasteiger partial charge in [-0.3, -0.25) is 4.98 Å². The van der Waals surface area contributed by atoms with Gasteiger partial charge in [-0.1, -0.05) is 0 Å². The summed E-state index contributed by atoms with van der Waals surface area (Å²) < 4.78 is 0. The van der Waals surface area contributed by atoms with Crippen LogP contribution in [0, 0.1) is 21.6 Å². The van der Waals surface area contributed by atoms with E-state index in [1.165, 1.54) is 0 Å². The van der Waals surface area contributed by atoms with Crippen molar-refractivity contribution in [3.8, 4) is 0 Å². The van der Waals surface area contributed by atoms with Gasteiger partial charge in [0.2, 0.25) is 0 Å². The third-order valence-corrected chi connectivity index (χ3v) is 2.18. The number of hydrogen-bond acceptors (Lipinski definition) is 9. The number of aromatic nitrogens is 1. The minimum absolute atomic E-state index is 0. The van der Waals surface area contributed by atoms with Gasteiger partial charge in [0.25, 0.3) is 0 Å². The van der Waals surface area contributed by atoms with E-state index in [0.29, 0.717) is 17.0 Å². The maximum atomic E-state index is 6.00. The van der Waals surface area contributed by atoms with E-state index in [1.807, 2.05) is 12.1 Å². The van der Waals surface area contributed by atoms with Gasteiger partial charge in [0.15, 0.2) is 11.6 Å². The molecular weight excluding hydrogens is 314 g/mol. The molecule has 0 atom stereocenters. The summed E-state index contributed by atoms with van der Waals surface area (Å²) in [5, 5.41) is 25.6. The number of rotatable bonds is 0. The summed E-state index contributed by atoms with van der Waals surface area (Å²) in [5.74, 6) is 1.24. The van der Waals surface area contributed by atoms with Gasteiger partial charge in [0.05, 0.1) is 0 Å². The molecule has 2 aliphatic rings. The van der Waals surface area contributed by atoms with Crippen LogP contribution < -0.4 is 10.6 Å². The Bertz CT molecular complexity index is 662. The van der Waals surface area contributed by atoms with E-state index in [0.717, 1.165) is 5.22 Å². The van der Waals surface area contributed by atoms with Crippen molar-refractivity contribution in [1.82, 2.24) is 4.98 Å². The number of hydrogen-bond donors (Lipinski definition) is 0. The molecule has 0 spiro atoms. The SMILES string of the molecule is C1=NC(=c2cccnc2=C2N=CC=N2)N=C1.N#N.N#N.[Fe]. The second kappa shape index (κ2) is 9.81. The molecule has 2 aliphatic heterocycles. The fourth-order valence-electron chi connectivity index (χ4n) is 1.51. The van der Waals surface area contributed by atoms with Crippen molar-refractivity contribution >= 4 is 36.5 Å². The number of nitrogens with zero attached hydrogens (tertiary/aromatic N) is 9. The molecule has 0 aromatic carbocycles. The molecule has 0 bridgehead atoms. The van der Waals surface area contributed by atoms with Gasteiger partial charge in [-0.2, -0.15) is 0 Å². The van der Waals surface area contributed by atoms with Crippen molar-refractivity contribution in [2.75, 3.05) is 0 Å². The van der Waals surface area contributed by atoms with Gasteiger partial charge >= 0.3 is 0 Å². The predicted molar refractivity (Wildman–Crippen MR) is 71.2 cm³/mol. The molecule has 0 unspecified atom stereocenters. The molecule has 104 valence electrons. The standard InChI is InChI=1S/C11H7N5.Fe.2N2/c1-2-8(10-13-4-5-14-10)9(12-3-1)11-15-6-7-16-11;;2*1-2/h1-7H;;;. The molecule has 9 nitrogen and oxygen atoms in total. The summed E-state index contributed by atoms with van der Waals surface area (Å²) in [5.41, 5.74) is 0. The molecule has 0 amide bonds.